The Labute approximate surface area is 185 Å². The van der Waals surface area contributed by atoms with Crippen molar-refractivity contribution in [2.75, 3.05) is 0 Å². The van der Waals surface area contributed by atoms with E-state index in [0.717, 1.165) is 6.42 Å². The lowest BCUT2D eigenvalue weighted by Crippen LogP contribution is -2.42. The summed E-state index contributed by atoms with van der Waals surface area (Å²) in [5, 5.41) is 0.108. The summed E-state index contributed by atoms with van der Waals surface area (Å²) in [7, 11) is -1.93. The van der Waals surface area contributed by atoms with Gasteiger partial charge in [-0.1, -0.05) is 130 Å². The van der Waals surface area contributed by atoms with Crippen LogP contribution in [0, 0.1) is 0 Å². The number of unbranched alkanes of at least 4 members (excludes halogenated alkanes) is 16. The predicted molar refractivity (Wildman–Crippen MR) is 132 cm³/mol. The minimum atomic E-state index is -1.93. The van der Waals surface area contributed by atoms with Gasteiger partial charge in [-0.15, -0.1) is 0 Å². The summed E-state index contributed by atoms with van der Waals surface area (Å²) in [4.78, 5) is 12.1. The van der Waals surface area contributed by atoms with Crippen LogP contribution in [0.25, 0.3) is 0 Å². The molecule has 0 fully saturated rings. The van der Waals surface area contributed by atoms with E-state index in [9.17, 15) is 4.79 Å². The summed E-state index contributed by atoms with van der Waals surface area (Å²) in [6.45, 7) is 13.1. The Kier molecular flexibility index (Phi) is 17.2. The average molecular weight is 427 g/mol. The first kappa shape index (κ1) is 28.7. The highest BCUT2D eigenvalue weighted by atomic mass is 28.4. The normalized spacial score (nSPS) is 12.3. The maximum absolute atomic E-state index is 12.1. The molecule has 0 radical (unpaired) electrons. The maximum Gasteiger partial charge on any atom is 0.292 e. The molecule has 0 aliphatic heterocycles. The summed E-state index contributed by atoms with van der Waals surface area (Å²) in [6, 6.07) is 0. The molecular weight excluding hydrogens is 372 g/mol. The highest BCUT2D eigenvalue weighted by molar-refractivity contribution is 6.75. The van der Waals surface area contributed by atoms with E-state index in [2.05, 4.69) is 40.8 Å². The van der Waals surface area contributed by atoms with Crippen molar-refractivity contribution >= 4 is 14.3 Å². The van der Waals surface area contributed by atoms with Gasteiger partial charge in [-0.3, -0.25) is 4.79 Å². The molecule has 0 aromatic carbocycles. The molecule has 3 heteroatoms. The van der Waals surface area contributed by atoms with Gasteiger partial charge in [0.15, 0.2) is 0 Å². The molecule has 0 saturated heterocycles. The molecule has 0 bridgehead atoms. The Morgan fingerprint density at radius 1 is 0.621 bits per heavy atom. The molecule has 0 heterocycles. The molecule has 0 saturated carbocycles. The molecule has 0 aromatic heterocycles. The summed E-state index contributed by atoms with van der Waals surface area (Å²) in [6.07, 6.45) is 23.9. The van der Waals surface area contributed by atoms with Gasteiger partial charge in [-0.2, -0.15) is 0 Å². The van der Waals surface area contributed by atoms with Crippen molar-refractivity contribution in [1.29, 1.82) is 0 Å². The van der Waals surface area contributed by atoms with Crippen LogP contribution in [0.3, 0.4) is 0 Å². The van der Waals surface area contributed by atoms with Crippen LogP contribution in [0.5, 0.6) is 0 Å². The molecule has 0 atom stereocenters. The zero-order valence-electron chi connectivity index (χ0n) is 21.0. The van der Waals surface area contributed by atoms with Gasteiger partial charge in [-0.25, -0.2) is 0 Å². The highest BCUT2D eigenvalue weighted by Gasteiger charge is 2.40. The molecule has 174 valence electrons. The van der Waals surface area contributed by atoms with Crippen LogP contribution in [-0.4, -0.2) is 14.3 Å². The van der Waals surface area contributed by atoms with Gasteiger partial charge in [0, 0.05) is 6.42 Å². The van der Waals surface area contributed by atoms with Crippen LogP contribution in [0.4, 0.5) is 0 Å². The quantitative estimate of drug-likeness (QED) is 0.152. The molecule has 0 aliphatic rings. The molecule has 0 rings (SSSR count). The summed E-state index contributed by atoms with van der Waals surface area (Å²) in [5.41, 5.74) is 0. The van der Waals surface area contributed by atoms with E-state index in [1.165, 1.54) is 103 Å². The first-order chi connectivity index (χ1) is 13.7. The fraction of sp³-hybridized carbons (Fsp3) is 0.962. The van der Waals surface area contributed by atoms with E-state index < -0.39 is 8.32 Å². The molecular formula is C26H54O2Si. The van der Waals surface area contributed by atoms with Crippen molar-refractivity contribution in [3.8, 4) is 0 Å². The Hall–Kier alpha value is -0.313. The van der Waals surface area contributed by atoms with Gasteiger partial charge in [0.25, 0.3) is 14.3 Å². The van der Waals surface area contributed by atoms with Gasteiger partial charge in [-0.05, 0) is 24.6 Å². The monoisotopic (exact) mass is 426 g/mol. The van der Waals surface area contributed by atoms with Crippen LogP contribution in [0.15, 0.2) is 0 Å². The number of carbonyl (C=O) groups is 1. The van der Waals surface area contributed by atoms with Crippen LogP contribution in [-0.2, 0) is 9.22 Å². The van der Waals surface area contributed by atoms with Crippen molar-refractivity contribution in [2.45, 2.75) is 161 Å². The van der Waals surface area contributed by atoms with Gasteiger partial charge in [0.1, 0.15) is 0 Å². The second-order valence-electron chi connectivity index (χ2n) is 10.6. The highest BCUT2D eigenvalue weighted by Crippen LogP contribution is 2.36. The third-order valence-electron chi connectivity index (χ3n) is 6.66. The summed E-state index contributed by atoms with van der Waals surface area (Å²) >= 11 is 0. The Balaban J connectivity index is 3.33. The van der Waals surface area contributed by atoms with Crippen molar-refractivity contribution in [1.82, 2.24) is 0 Å². The van der Waals surface area contributed by atoms with Crippen LogP contribution >= 0.6 is 0 Å². The van der Waals surface area contributed by atoms with E-state index in [0.29, 0.717) is 6.42 Å². The van der Waals surface area contributed by atoms with Crippen molar-refractivity contribution in [3.63, 3.8) is 0 Å². The lowest BCUT2D eigenvalue weighted by Gasteiger charge is -2.35. The average Bonchev–Trinajstić information content (AvgIpc) is 2.63. The van der Waals surface area contributed by atoms with Crippen LogP contribution < -0.4 is 0 Å². The fourth-order valence-corrected chi connectivity index (χ4v) is 4.46. The van der Waals surface area contributed by atoms with E-state index in [4.69, 9.17) is 4.43 Å². The number of carbonyl (C=O) groups excluding carboxylic acids is 1. The lowest BCUT2D eigenvalue weighted by molar-refractivity contribution is -0.135. The molecule has 0 unspecified atom stereocenters. The minimum absolute atomic E-state index is 0.0255. The van der Waals surface area contributed by atoms with Crippen molar-refractivity contribution in [3.05, 3.63) is 0 Å². The number of hydrogen-bond acceptors (Lipinski definition) is 2. The van der Waals surface area contributed by atoms with E-state index in [1.54, 1.807) is 0 Å². The predicted octanol–water partition coefficient (Wildman–Crippen LogP) is 9.58. The smallest absolute Gasteiger partial charge is 0.292 e. The standard InChI is InChI=1S/C26H54O2Si/c1-7-8-9-10-11-12-13-14-15-16-17-18-19-20-21-22-23-24-25(27)28-29(5,6)26(2,3)4/h7-24H2,1-6H3. The Bertz CT molecular complexity index is 385. The van der Waals surface area contributed by atoms with Gasteiger partial charge in [0.2, 0.25) is 0 Å². The Morgan fingerprint density at radius 3 is 1.24 bits per heavy atom. The van der Waals surface area contributed by atoms with Gasteiger partial charge < -0.3 is 4.43 Å². The second kappa shape index (κ2) is 17.4. The van der Waals surface area contributed by atoms with Gasteiger partial charge >= 0.3 is 0 Å². The first-order valence-electron chi connectivity index (χ1n) is 12.9. The molecule has 29 heavy (non-hydrogen) atoms. The largest absolute Gasteiger partial charge is 0.519 e. The first-order valence-corrected chi connectivity index (χ1v) is 15.8. The topological polar surface area (TPSA) is 26.3 Å². The van der Waals surface area contributed by atoms with Crippen LogP contribution in [0.1, 0.15) is 143 Å². The third-order valence-corrected chi connectivity index (χ3v) is 11.0. The van der Waals surface area contributed by atoms with Crippen molar-refractivity contribution < 1.29 is 9.22 Å². The molecule has 0 aliphatic carbocycles. The van der Waals surface area contributed by atoms with Crippen LogP contribution in [0.2, 0.25) is 18.1 Å². The zero-order chi connectivity index (χ0) is 22.0. The zero-order valence-corrected chi connectivity index (χ0v) is 22.0. The number of rotatable bonds is 19. The summed E-state index contributed by atoms with van der Waals surface area (Å²) < 4.78 is 5.83. The molecule has 0 aromatic rings. The van der Waals surface area contributed by atoms with Crippen molar-refractivity contribution in [2.24, 2.45) is 0 Å². The molecule has 0 amide bonds. The molecule has 0 spiro atoms. The Morgan fingerprint density at radius 2 is 0.931 bits per heavy atom. The SMILES string of the molecule is CCCCCCCCCCCCCCCCCCCC(=O)O[Si](C)(C)C(C)(C)C. The molecule has 0 N–H and O–H groups in total. The van der Waals surface area contributed by atoms with Gasteiger partial charge in [0.05, 0.1) is 0 Å². The van der Waals surface area contributed by atoms with E-state index in [-0.39, 0.29) is 11.0 Å². The summed E-state index contributed by atoms with van der Waals surface area (Å²) in [5.74, 6) is 0.0255. The second-order valence-corrected chi connectivity index (χ2v) is 15.4. The lowest BCUT2D eigenvalue weighted by atomic mass is 10.0. The maximum atomic E-state index is 12.1. The fourth-order valence-electron chi connectivity index (χ4n) is 3.48. The van der Waals surface area contributed by atoms with E-state index >= 15 is 0 Å². The minimum Gasteiger partial charge on any atom is -0.519 e. The van der Waals surface area contributed by atoms with E-state index in [1.807, 2.05) is 0 Å². The molecule has 2 nitrogen and oxygen atoms in total. The third kappa shape index (κ3) is 17.1. The number of hydrogen-bond donors (Lipinski definition) is 0.